The summed E-state index contributed by atoms with van der Waals surface area (Å²) in [6.07, 6.45) is 0.144. The first kappa shape index (κ1) is 15.5. The van der Waals surface area contributed by atoms with Gasteiger partial charge in [-0.25, -0.2) is 4.79 Å². The summed E-state index contributed by atoms with van der Waals surface area (Å²) in [5.41, 5.74) is 2.52. The molecule has 0 aromatic heterocycles. The first-order valence-electron chi connectivity index (χ1n) is 8.29. The van der Waals surface area contributed by atoms with Crippen molar-refractivity contribution < 1.29 is 14.3 Å². The van der Waals surface area contributed by atoms with Crippen molar-refractivity contribution >= 4 is 16.7 Å². The molecule has 1 heterocycles. The van der Waals surface area contributed by atoms with Gasteiger partial charge < -0.3 is 9.47 Å². The van der Waals surface area contributed by atoms with Crippen molar-refractivity contribution in [1.29, 1.82) is 0 Å². The Balaban J connectivity index is 1.74. The van der Waals surface area contributed by atoms with Crippen molar-refractivity contribution in [2.75, 3.05) is 0 Å². The van der Waals surface area contributed by atoms with Gasteiger partial charge in [-0.3, -0.25) is 0 Å². The first-order valence-corrected chi connectivity index (χ1v) is 8.29. The number of ether oxygens (including phenoxy) is 2. The van der Waals surface area contributed by atoms with E-state index >= 15 is 0 Å². The third-order valence-electron chi connectivity index (χ3n) is 4.46. The molecule has 25 heavy (non-hydrogen) atoms. The second-order valence-electron chi connectivity index (χ2n) is 6.17. The molecule has 0 N–H and O–H groups in total. The van der Waals surface area contributed by atoms with Gasteiger partial charge in [0, 0.05) is 17.6 Å². The molecule has 0 amide bonds. The van der Waals surface area contributed by atoms with Gasteiger partial charge in [0.25, 0.3) is 0 Å². The quantitative estimate of drug-likeness (QED) is 0.501. The normalized spacial score (nSPS) is 16.9. The highest BCUT2D eigenvalue weighted by Crippen LogP contribution is 2.41. The first-order chi connectivity index (χ1) is 12.2. The van der Waals surface area contributed by atoms with Crippen LogP contribution >= 0.6 is 0 Å². The van der Waals surface area contributed by atoms with Gasteiger partial charge in [-0.1, -0.05) is 67.2 Å². The number of rotatable bonds is 4. The molecule has 0 bridgehead atoms. The van der Waals surface area contributed by atoms with Crippen LogP contribution in [0, 0.1) is 0 Å². The van der Waals surface area contributed by atoms with Crippen LogP contribution < -0.4 is 4.74 Å². The van der Waals surface area contributed by atoms with Crippen molar-refractivity contribution in [3.8, 4) is 5.75 Å². The Morgan fingerprint density at radius 2 is 1.76 bits per heavy atom. The molecule has 3 heteroatoms. The van der Waals surface area contributed by atoms with Crippen molar-refractivity contribution in [3.63, 3.8) is 0 Å². The highest BCUT2D eigenvalue weighted by atomic mass is 16.6. The van der Waals surface area contributed by atoms with E-state index in [9.17, 15) is 4.79 Å². The topological polar surface area (TPSA) is 35.5 Å². The Morgan fingerprint density at radius 3 is 2.52 bits per heavy atom. The third kappa shape index (κ3) is 3.01. The predicted octanol–water partition coefficient (Wildman–Crippen LogP) is 4.96. The average molecular weight is 330 g/mol. The van der Waals surface area contributed by atoms with Crippen LogP contribution in [-0.4, -0.2) is 5.97 Å². The van der Waals surface area contributed by atoms with E-state index in [1.54, 1.807) is 0 Å². The van der Waals surface area contributed by atoms with Crippen LogP contribution in [0.3, 0.4) is 0 Å². The van der Waals surface area contributed by atoms with Crippen LogP contribution in [0.2, 0.25) is 0 Å². The predicted molar refractivity (Wildman–Crippen MR) is 97.3 cm³/mol. The summed E-state index contributed by atoms with van der Waals surface area (Å²) in [5, 5.41) is 2.14. The van der Waals surface area contributed by atoms with Gasteiger partial charge in [-0.15, -0.1) is 0 Å². The molecule has 1 aliphatic heterocycles. The molecule has 1 unspecified atom stereocenters. The standard InChI is InChI=1S/C22H18O3/c1-15-13-20(25-22(15)23)21-18-10-6-5-9-17(18)11-12-19(21)24-14-16-7-3-2-4-8-16/h2-12,20H,1,13-14H2. The lowest BCUT2D eigenvalue weighted by Gasteiger charge is -2.18. The molecule has 3 aromatic rings. The van der Waals surface area contributed by atoms with Gasteiger partial charge in [-0.05, 0) is 22.4 Å². The number of esters is 1. The number of carbonyl (C=O) groups excluding carboxylic acids is 1. The fourth-order valence-corrected chi connectivity index (χ4v) is 3.19. The minimum Gasteiger partial charge on any atom is -0.488 e. The van der Waals surface area contributed by atoms with Gasteiger partial charge in [0.1, 0.15) is 18.5 Å². The fraction of sp³-hybridized carbons (Fsp3) is 0.136. The maximum atomic E-state index is 11.8. The molecule has 1 fully saturated rings. The zero-order valence-electron chi connectivity index (χ0n) is 13.8. The Hall–Kier alpha value is -3.07. The van der Waals surface area contributed by atoms with E-state index in [0.29, 0.717) is 18.6 Å². The number of hydrogen-bond acceptors (Lipinski definition) is 3. The minimum absolute atomic E-state index is 0.327. The third-order valence-corrected chi connectivity index (χ3v) is 4.46. The maximum absolute atomic E-state index is 11.8. The smallest absolute Gasteiger partial charge is 0.334 e. The molecule has 0 radical (unpaired) electrons. The van der Waals surface area contributed by atoms with E-state index < -0.39 is 0 Å². The van der Waals surface area contributed by atoms with Gasteiger partial charge >= 0.3 is 5.97 Å². The maximum Gasteiger partial charge on any atom is 0.334 e. The molecule has 124 valence electrons. The van der Waals surface area contributed by atoms with Gasteiger partial charge in [0.2, 0.25) is 0 Å². The van der Waals surface area contributed by atoms with E-state index in [-0.39, 0.29) is 12.1 Å². The lowest BCUT2D eigenvalue weighted by Crippen LogP contribution is -2.04. The Bertz CT molecular complexity index is 928. The molecule has 0 spiro atoms. The zero-order chi connectivity index (χ0) is 17.2. The van der Waals surface area contributed by atoms with E-state index in [2.05, 4.69) is 6.58 Å². The Morgan fingerprint density at radius 1 is 1.00 bits per heavy atom. The van der Waals surface area contributed by atoms with E-state index in [1.165, 1.54) is 0 Å². The zero-order valence-corrected chi connectivity index (χ0v) is 13.8. The SMILES string of the molecule is C=C1CC(c2c(OCc3ccccc3)ccc3ccccc23)OC1=O. The van der Waals surface area contributed by atoms with Crippen LogP contribution in [0.25, 0.3) is 10.8 Å². The number of hydrogen-bond donors (Lipinski definition) is 0. The molecular weight excluding hydrogens is 312 g/mol. The lowest BCUT2D eigenvalue weighted by molar-refractivity contribution is -0.139. The van der Waals surface area contributed by atoms with Gasteiger partial charge in [-0.2, -0.15) is 0 Å². The van der Waals surface area contributed by atoms with E-state index in [1.807, 2.05) is 66.7 Å². The van der Waals surface area contributed by atoms with Crippen LogP contribution in [0.15, 0.2) is 78.9 Å². The van der Waals surface area contributed by atoms with Crippen LogP contribution in [0.1, 0.15) is 23.7 Å². The van der Waals surface area contributed by atoms with Crippen LogP contribution in [-0.2, 0) is 16.1 Å². The summed E-state index contributed by atoms with van der Waals surface area (Å²) in [7, 11) is 0. The molecule has 0 saturated carbocycles. The van der Waals surface area contributed by atoms with Crippen molar-refractivity contribution in [2.24, 2.45) is 0 Å². The largest absolute Gasteiger partial charge is 0.488 e. The number of benzene rings is 3. The fourth-order valence-electron chi connectivity index (χ4n) is 3.19. The molecule has 1 aliphatic rings. The molecular formula is C22H18O3. The lowest BCUT2D eigenvalue weighted by atomic mass is 9.97. The Labute approximate surface area is 146 Å². The summed E-state index contributed by atoms with van der Waals surface area (Å²) in [4.78, 5) is 11.8. The highest BCUT2D eigenvalue weighted by molar-refractivity contribution is 5.93. The van der Waals surface area contributed by atoms with Crippen molar-refractivity contribution in [2.45, 2.75) is 19.1 Å². The van der Waals surface area contributed by atoms with Crippen molar-refractivity contribution in [3.05, 3.63) is 90.0 Å². The number of carbonyl (C=O) groups is 1. The van der Waals surface area contributed by atoms with Gasteiger partial charge in [0.15, 0.2) is 0 Å². The second-order valence-corrected chi connectivity index (χ2v) is 6.17. The summed E-state index contributed by atoms with van der Waals surface area (Å²) < 4.78 is 11.6. The summed E-state index contributed by atoms with van der Waals surface area (Å²) in [6, 6.07) is 22.1. The van der Waals surface area contributed by atoms with Gasteiger partial charge in [0.05, 0.1) is 0 Å². The summed E-state index contributed by atoms with van der Waals surface area (Å²) >= 11 is 0. The second kappa shape index (κ2) is 6.44. The number of cyclic esters (lactones) is 1. The molecule has 1 atom stereocenters. The average Bonchev–Trinajstić information content (AvgIpc) is 2.98. The molecule has 3 nitrogen and oxygen atoms in total. The monoisotopic (exact) mass is 330 g/mol. The van der Waals surface area contributed by atoms with Crippen molar-refractivity contribution in [1.82, 2.24) is 0 Å². The molecule has 0 aliphatic carbocycles. The van der Waals surface area contributed by atoms with E-state index in [4.69, 9.17) is 9.47 Å². The molecule has 1 saturated heterocycles. The summed E-state index contributed by atoms with van der Waals surface area (Å²) in [5.74, 6) is 0.419. The van der Waals surface area contributed by atoms with E-state index in [0.717, 1.165) is 27.6 Å². The summed E-state index contributed by atoms with van der Waals surface area (Å²) in [6.45, 7) is 4.26. The number of fused-ring (bicyclic) bond motifs is 1. The van der Waals surface area contributed by atoms with Crippen LogP contribution in [0.5, 0.6) is 5.75 Å². The minimum atomic E-state index is -0.350. The van der Waals surface area contributed by atoms with Crippen LogP contribution in [0.4, 0.5) is 0 Å². The molecule has 3 aromatic carbocycles. The molecule has 4 rings (SSSR count). The Kier molecular flexibility index (Phi) is 3.98. The highest BCUT2D eigenvalue weighted by Gasteiger charge is 2.32.